The average Bonchev–Trinajstić information content (AvgIpc) is 2.48. The van der Waals surface area contributed by atoms with Crippen LogP contribution in [0.2, 0.25) is 0 Å². The molecule has 0 radical (unpaired) electrons. The molecule has 0 bridgehead atoms. The van der Waals surface area contributed by atoms with E-state index in [2.05, 4.69) is 21.4 Å². The normalized spacial score (nSPS) is 9.46. The van der Waals surface area contributed by atoms with Crippen LogP contribution >= 0.6 is 0 Å². The van der Waals surface area contributed by atoms with Gasteiger partial charge in [-0.1, -0.05) is 0 Å². The summed E-state index contributed by atoms with van der Waals surface area (Å²) in [6.07, 6.45) is 2.69. The summed E-state index contributed by atoms with van der Waals surface area (Å²) in [5.41, 5.74) is 6.65. The largest absolute Gasteiger partial charge is 0.330 e. The van der Waals surface area contributed by atoms with Crippen molar-refractivity contribution in [1.29, 1.82) is 0 Å². The summed E-state index contributed by atoms with van der Waals surface area (Å²) in [7, 11) is 0. The molecular formula is C10H15N3. The van der Waals surface area contributed by atoms with Crippen LogP contribution in [0.15, 0.2) is 6.20 Å². The van der Waals surface area contributed by atoms with Crippen molar-refractivity contribution >= 4 is 0 Å². The Kier molecular flexibility index (Phi) is 3.53. The van der Waals surface area contributed by atoms with Crippen molar-refractivity contribution < 1.29 is 0 Å². The molecule has 0 saturated heterocycles. The van der Waals surface area contributed by atoms with Crippen LogP contribution in [0.25, 0.3) is 0 Å². The van der Waals surface area contributed by atoms with Gasteiger partial charge in [0.15, 0.2) is 0 Å². The molecule has 0 aliphatic carbocycles. The summed E-state index contributed by atoms with van der Waals surface area (Å²) in [5, 5.41) is 0. The van der Waals surface area contributed by atoms with Crippen LogP contribution in [0.5, 0.6) is 0 Å². The quantitative estimate of drug-likeness (QED) is 0.702. The number of nitrogens with two attached hydrogens (primary N) is 1. The summed E-state index contributed by atoms with van der Waals surface area (Å²) in [6.45, 7) is 5.27. The fourth-order valence-electron chi connectivity index (χ4n) is 1.28. The van der Waals surface area contributed by atoms with Crippen molar-refractivity contribution in [3.05, 3.63) is 17.7 Å². The van der Waals surface area contributed by atoms with Gasteiger partial charge in [-0.2, -0.15) is 0 Å². The molecule has 0 aliphatic heterocycles. The molecule has 0 aromatic carbocycles. The Hall–Kier alpha value is -1.27. The number of hydrogen-bond acceptors (Lipinski definition) is 2. The molecule has 1 rings (SSSR count). The first-order valence-electron chi connectivity index (χ1n) is 4.40. The second-order valence-corrected chi connectivity index (χ2v) is 2.83. The van der Waals surface area contributed by atoms with Gasteiger partial charge in [0.1, 0.15) is 5.82 Å². The fourth-order valence-corrected chi connectivity index (χ4v) is 1.28. The van der Waals surface area contributed by atoms with E-state index in [9.17, 15) is 0 Å². The topological polar surface area (TPSA) is 43.8 Å². The number of aromatic nitrogens is 2. The summed E-state index contributed by atoms with van der Waals surface area (Å²) < 4.78 is 2.12. The Balaban J connectivity index is 2.71. The molecule has 0 saturated carbocycles. The van der Waals surface area contributed by atoms with E-state index < -0.39 is 0 Å². The lowest BCUT2D eigenvalue weighted by atomic mass is 10.4. The lowest BCUT2D eigenvalue weighted by Crippen LogP contribution is -2.08. The van der Waals surface area contributed by atoms with Gasteiger partial charge in [0.2, 0.25) is 0 Å². The lowest BCUT2D eigenvalue weighted by molar-refractivity contribution is 0.657. The molecule has 3 nitrogen and oxygen atoms in total. The van der Waals surface area contributed by atoms with E-state index in [1.165, 1.54) is 0 Å². The monoisotopic (exact) mass is 177 g/mol. The fraction of sp³-hybridized carbons (Fsp3) is 0.500. The second-order valence-electron chi connectivity index (χ2n) is 2.83. The third-order valence-electron chi connectivity index (χ3n) is 1.98. The minimum absolute atomic E-state index is 0.542. The van der Waals surface area contributed by atoms with Crippen LogP contribution in [-0.2, 0) is 13.1 Å². The Bertz CT molecular complexity index is 328. The summed E-state index contributed by atoms with van der Waals surface area (Å²) in [5.74, 6) is 6.91. The maximum absolute atomic E-state index is 5.57. The van der Waals surface area contributed by atoms with Crippen LogP contribution in [0.4, 0.5) is 0 Å². The van der Waals surface area contributed by atoms with Gasteiger partial charge in [-0.25, -0.2) is 4.98 Å². The van der Waals surface area contributed by atoms with E-state index in [-0.39, 0.29) is 0 Å². The smallest absolute Gasteiger partial charge is 0.105 e. The molecule has 1 aromatic rings. The average molecular weight is 177 g/mol. The van der Waals surface area contributed by atoms with Crippen molar-refractivity contribution in [2.75, 3.05) is 0 Å². The maximum Gasteiger partial charge on any atom is 0.105 e. The molecule has 1 aromatic heterocycles. The molecule has 0 aliphatic rings. The summed E-state index contributed by atoms with van der Waals surface area (Å²) in [6, 6.07) is 0. The first kappa shape index (κ1) is 9.82. The minimum atomic E-state index is 0.542. The van der Waals surface area contributed by atoms with Crippen molar-refractivity contribution in [3.8, 4) is 11.8 Å². The van der Waals surface area contributed by atoms with E-state index in [1.54, 1.807) is 0 Å². The molecule has 0 amide bonds. The highest BCUT2D eigenvalue weighted by atomic mass is 15.1. The number of nitrogens with zero attached hydrogens (tertiary/aromatic N) is 2. The highest BCUT2D eigenvalue weighted by Gasteiger charge is 2.02. The molecule has 70 valence electrons. The molecule has 0 unspecified atom stereocenters. The van der Waals surface area contributed by atoms with Crippen LogP contribution in [0.3, 0.4) is 0 Å². The van der Waals surface area contributed by atoms with Gasteiger partial charge in [0.05, 0.1) is 5.69 Å². The summed E-state index contributed by atoms with van der Waals surface area (Å²) in [4.78, 5) is 4.20. The van der Waals surface area contributed by atoms with Crippen LogP contribution < -0.4 is 5.73 Å². The zero-order valence-corrected chi connectivity index (χ0v) is 8.17. The van der Waals surface area contributed by atoms with Gasteiger partial charge in [0, 0.05) is 25.7 Å². The lowest BCUT2D eigenvalue weighted by Gasteiger charge is -2.05. The summed E-state index contributed by atoms with van der Waals surface area (Å²) >= 11 is 0. The van der Waals surface area contributed by atoms with Crippen LogP contribution in [0, 0.1) is 18.8 Å². The van der Waals surface area contributed by atoms with Gasteiger partial charge < -0.3 is 10.3 Å². The Labute approximate surface area is 79.0 Å². The van der Waals surface area contributed by atoms with Crippen molar-refractivity contribution in [1.82, 2.24) is 9.55 Å². The van der Waals surface area contributed by atoms with Gasteiger partial charge in [-0.3, -0.25) is 0 Å². The second kappa shape index (κ2) is 4.68. The molecular weight excluding hydrogens is 162 g/mol. The SMILES string of the molecule is CC#CCCn1c(CN)cnc1C. The zero-order chi connectivity index (χ0) is 9.68. The first-order chi connectivity index (χ1) is 6.29. The van der Waals surface area contributed by atoms with Crippen molar-refractivity contribution in [2.24, 2.45) is 5.73 Å². The number of imidazole rings is 1. The highest BCUT2D eigenvalue weighted by Crippen LogP contribution is 2.04. The minimum Gasteiger partial charge on any atom is -0.330 e. The van der Waals surface area contributed by atoms with Gasteiger partial charge in [-0.15, -0.1) is 11.8 Å². The van der Waals surface area contributed by atoms with E-state index in [1.807, 2.05) is 20.0 Å². The maximum atomic E-state index is 5.57. The molecule has 0 atom stereocenters. The Morgan fingerprint density at radius 2 is 2.38 bits per heavy atom. The third-order valence-corrected chi connectivity index (χ3v) is 1.98. The van der Waals surface area contributed by atoms with E-state index in [4.69, 9.17) is 5.73 Å². The number of hydrogen-bond donors (Lipinski definition) is 1. The first-order valence-corrected chi connectivity index (χ1v) is 4.40. The molecule has 3 heteroatoms. The van der Waals surface area contributed by atoms with Gasteiger partial charge in [-0.05, 0) is 13.8 Å². The van der Waals surface area contributed by atoms with Crippen molar-refractivity contribution in [3.63, 3.8) is 0 Å². The highest BCUT2D eigenvalue weighted by molar-refractivity contribution is 5.05. The molecule has 2 N–H and O–H groups in total. The van der Waals surface area contributed by atoms with Gasteiger partial charge in [0.25, 0.3) is 0 Å². The predicted octanol–water partition coefficient (Wildman–Crippen LogP) is 1.06. The Morgan fingerprint density at radius 3 is 3.00 bits per heavy atom. The van der Waals surface area contributed by atoms with E-state index in [0.29, 0.717) is 6.54 Å². The number of aryl methyl sites for hydroxylation is 1. The van der Waals surface area contributed by atoms with E-state index in [0.717, 1.165) is 24.5 Å². The molecule has 0 spiro atoms. The molecule has 0 fully saturated rings. The van der Waals surface area contributed by atoms with E-state index >= 15 is 0 Å². The Morgan fingerprint density at radius 1 is 1.62 bits per heavy atom. The molecule has 1 heterocycles. The number of rotatable bonds is 3. The predicted molar refractivity (Wildman–Crippen MR) is 52.9 cm³/mol. The molecule has 13 heavy (non-hydrogen) atoms. The van der Waals surface area contributed by atoms with Crippen molar-refractivity contribution in [2.45, 2.75) is 33.4 Å². The zero-order valence-electron chi connectivity index (χ0n) is 8.17. The van der Waals surface area contributed by atoms with Gasteiger partial charge >= 0.3 is 0 Å². The standard InChI is InChI=1S/C10H15N3/c1-3-4-5-6-13-9(2)12-8-10(13)7-11/h8H,5-7,11H2,1-2H3. The third kappa shape index (κ3) is 2.33. The van der Waals surface area contributed by atoms with Crippen LogP contribution in [-0.4, -0.2) is 9.55 Å². The van der Waals surface area contributed by atoms with Crippen LogP contribution in [0.1, 0.15) is 24.9 Å².